The molecule has 1 aromatic carbocycles. The molecule has 1 aliphatic heterocycles. The van der Waals surface area contributed by atoms with Crippen LogP contribution in [-0.4, -0.2) is 37.4 Å². The van der Waals surface area contributed by atoms with E-state index in [-0.39, 0.29) is 11.5 Å². The number of carboxylic acids is 1. The molecule has 0 spiro atoms. The van der Waals surface area contributed by atoms with Crippen LogP contribution in [0, 0.1) is 16.7 Å². The molecule has 0 radical (unpaired) electrons. The van der Waals surface area contributed by atoms with E-state index in [0.717, 1.165) is 60.3 Å². The van der Waals surface area contributed by atoms with E-state index in [1.165, 1.54) is 4.88 Å². The number of carboxylic acid groups (broad SMARTS) is 1. The third-order valence-corrected chi connectivity index (χ3v) is 7.73. The van der Waals surface area contributed by atoms with E-state index >= 15 is 0 Å². The van der Waals surface area contributed by atoms with Crippen LogP contribution < -0.4 is 4.90 Å². The number of rotatable bonds is 5. The summed E-state index contributed by atoms with van der Waals surface area (Å²) in [5.41, 5.74) is 3.95. The van der Waals surface area contributed by atoms with Crippen molar-refractivity contribution in [3.05, 3.63) is 39.8 Å². The standard InChI is InChI=1S/C24H28N2O3S/c1-24(2)9-8-20-18(12-24)21(23(27)28)22(30-20)17-11-15(13-25)6-7-19(17)26-10-4-5-16(26)14-29-3/h6-7,11,16H,4-5,8-10,12,14H2,1-3H3,(H,27,28)/t16-/m1/s1. The SMILES string of the molecule is COC[C@H]1CCCN1c1ccc(C#N)cc1-c1sc2c(c1C(=O)O)CC(C)(C)CC2. The Morgan fingerprint density at radius 1 is 1.43 bits per heavy atom. The quantitative estimate of drug-likeness (QED) is 0.721. The molecule has 2 heterocycles. The second-order valence-electron chi connectivity index (χ2n) is 9.14. The van der Waals surface area contributed by atoms with Crippen LogP contribution in [-0.2, 0) is 17.6 Å². The number of anilines is 1. The molecule has 5 nitrogen and oxygen atoms in total. The maximum atomic E-state index is 12.4. The van der Waals surface area contributed by atoms with Crippen molar-refractivity contribution in [2.45, 2.75) is 52.0 Å². The Balaban J connectivity index is 1.90. The van der Waals surface area contributed by atoms with Crippen LogP contribution in [0.1, 0.15) is 59.5 Å². The number of nitriles is 1. The molecule has 1 fully saturated rings. The lowest BCUT2D eigenvalue weighted by Gasteiger charge is -2.29. The Morgan fingerprint density at radius 2 is 2.23 bits per heavy atom. The monoisotopic (exact) mass is 424 g/mol. The predicted molar refractivity (Wildman–Crippen MR) is 119 cm³/mol. The first-order valence-electron chi connectivity index (χ1n) is 10.5. The number of benzene rings is 1. The van der Waals surface area contributed by atoms with Crippen molar-refractivity contribution in [1.82, 2.24) is 0 Å². The van der Waals surface area contributed by atoms with E-state index < -0.39 is 5.97 Å². The van der Waals surface area contributed by atoms with Crippen molar-refractivity contribution < 1.29 is 14.6 Å². The smallest absolute Gasteiger partial charge is 0.337 e. The molecule has 1 saturated heterocycles. The second-order valence-corrected chi connectivity index (χ2v) is 10.2. The zero-order chi connectivity index (χ0) is 21.5. The summed E-state index contributed by atoms with van der Waals surface area (Å²) in [6.45, 7) is 5.97. The van der Waals surface area contributed by atoms with E-state index in [2.05, 4.69) is 24.8 Å². The number of ether oxygens (including phenoxy) is 1. The molecule has 2 aliphatic rings. The number of aryl methyl sites for hydroxylation is 1. The van der Waals surface area contributed by atoms with Gasteiger partial charge in [0.05, 0.1) is 34.7 Å². The number of fused-ring (bicyclic) bond motifs is 1. The van der Waals surface area contributed by atoms with Crippen molar-refractivity contribution in [2.75, 3.05) is 25.2 Å². The highest BCUT2D eigenvalue weighted by atomic mass is 32.1. The van der Waals surface area contributed by atoms with Crippen LogP contribution >= 0.6 is 11.3 Å². The van der Waals surface area contributed by atoms with Crippen LogP contribution in [0.5, 0.6) is 0 Å². The average Bonchev–Trinajstić information content (AvgIpc) is 3.31. The van der Waals surface area contributed by atoms with Crippen LogP contribution in [0.4, 0.5) is 5.69 Å². The molecule has 0 saturated carbocycles. The molecule has 4 rings (SSSR count). The Hall–Kier alpha value is -2.36. The first-order chi connectivity index (χ1) is 14.3. The summed E-state index contributed by atoms with van der Waals surface area (Å²) in [4.78, 5) is 16.7. The molecule has 1 atom stereocenters. The minimum Gasteiger partial charge on any atom is -0.478 e. The lowest BCUT2D eigenvalue weighted by atomic mass is 9.76. The van der Waals surface area contributed by atoms with E-state index in [1.807, 2.05) is 18.2 Å². The molecular weight excluding hydrogens is 396 g/mol. The van der Waals surface area contributed by atoms with Crippen molar-refractivity contribution in [3.63, 3.8) is 0 Å². The van der Waals surface area contributed by atoms with Gasteiger partial charge in [-0.2, -0.15) is 5.26 Å². The molecule has 1 aromatic heterocycles. The topological polar surface area (TPSA) is 73.6 Å². The van der Waals surface area contributed by atoms with Gasteiger partial charge in [0.15, 0.2) is 0 Å². The fourth-order valence-electron chi connectivity index (χ4n) is 4.89. The number of nitrogens with zero attached hydrogens (tertiary/aromatic N) is 2. The normalized spacial score (nSPS) is 20.1. The molecule has 2 aromatic rings. The van der Waals surface area contributed by atoms with E-state index in [1.54, 1.807) is 18.4 Å². The van der Waals surface area contributed by atoms with Gasteiger partial charge in [-0.05, 0) is 61.3 Å². The number of methoxy groups -OCH3 is 1. The van der Waals surface area contributed by atoms with Crippen LogP contribution in [0.3, 0.4) is 0 Å². The summed E-state index contributed by atoms with van der Waals surface area (Å²) < 4.78 is 5.43. The number of aromatic carboxylic acids is 1. The average molecular weight is 425 g/mol. The first-order valence-corrected chi connectivity index (χ1v) is 11.3. The van der Waals surface area contributed by atoms with Crippen LogP contribution in [0.15, 0.2) is 18.2 Å². The van der Waals surface area contributed by atoms with Crippen molar-refractivity contribution in [1.29, 1.82) is 5.26 Å². The van der Waals surface area contributed by atoms with Gasteiger partial charge in [-0.3, -0.25) is 0 Å². The number of hydrogen-bond donors (Lipinski definition) is 1. The van der Waals surface area contributed by atoms with E-state index in [0.29, 0.717) is 17.7 Å². The third-order valence-electron chi connectivity index (χ3n) is 6.40. The Morgan fingerprint density at radius 3 is 2.93 bits per heavy atom. The summed E-state index contributed by atoms with van der Waals surface area (Å²) in [5, 5.41) is 19.7. The predicted octanol–water partition coefficient (Wildman–Crippen LogP) is 5.12. The molecule has 6 heteroatoms. The number of hydrogen-bond acceptors (Lipinski definition) is 5. The largest absolute Gasteiger partial charge is 0.478 e. The first kappa shape index (κ1) is 20.9. The van der Waals surface area contributed by atoms with E-state index in [9.17, 15) is 15.2 Å². The molecule has 158 valence electrons. The van der Waals surface area contributed by atoms with Gasteiger partial charge in [0, 0.05) is 29.8 Å². The summed E-state index contributed by atoms with van der Waals surface area (Å²) in [6, 6.07) is 8.18. The second kappa shape index (κ2) is 8.05. The lowest BCUT2D eigenvalue weighted by molar-refractivity contribution is 0.0696. The van der Waals surface area contributed by atoms with Gasteiger partial charge in [-0.15, -0.1) is 11.3 Å². The van der Waals surface area contributed by atoms with Crippen LogP contribution in [0.2, 0.25) is 0 Å². The van der Waals surface area contributed by atoms with Gasteiger partial charge < -0.3 is 14.7 Å². The lowest BCUT2D eigenvalue weighted by Crippen LogP contribution is -2.33. The fourth-order valence-corrected chi connectivity index (χ4v) is 6.23. The Bertz CT molecular complexity index is 1020. The zero-order valence-electron chi connectivity index (χ0n) is 17.8. The maximum Gasteiger partial charge on any atom is 0.337 e. The highest BCUT2D eigenvalue weighted by Crippen LogP contribution is 2.48. The molecule has 30 heavy (non-hydrogen) atoms. The summed E-state index contributed by atoms with van der Waals surface area (Å²) >= 11 is 1.60. The van der Waals surface area contributed by atoms with Crippen molar-refractivity contribution in [3.8, 4) is 16.5 Å². The molecule has 0 amide bonds. The van der Waals surface area contributed by atoms with Crippen molar-refractivity contribution in [2.24, 2.45) is 5.41 Å². The minimum absolute atomic E-state index is 0.103. The minimum atomic E-state index is -0.872. The number of thiophene rings is 1. The van der Waals surface area contributed by atoms with Gasteiger partial charge in [-0.25, -0.2) is 4.79 Å². The van der Waals surface area contributed by atoms with Gasteiger partial charge in [0.2, 0.25) is 0 Å². The molecule has 1 N–H and O–H groups in total. The highest BCUT2D eigenvalue weighted by Gasteiger charge is 2.35. The summed E-state index contributed by atoms with van der Waals surface area (Å²) in [5.74, 6) is -0.872. The maximum absolute atomic E-state index is 12.4. The molecular formula is C24H28N2O3S. The number of carbonyl (C=O) groups is 1. The molecule has 1 aliphatic carbocycles. The van der Waals surface area contributed by atoms with Gasteiger partial charge in [-0.1, -0.05) is 13.8 Å². The highest BCUT2D eigenvalue weighted by molar-refractivity contribution is 7.16. The fraction of sp³-hybridized carbons (Fsp3) is 0.500. The van der Waals surface area contributed by atoms with Gasteiger partial charge in [0.1, 0.15) is 0 Å². The zero-order valence-corrected chi connectivity index (χ0v) is 18.6. The summed E-state index contributed by atoms with van der Waals surface area (Å²) in [7, 11) is 1.72. The van der Waals surface area contributed by atoms with Gasteiger partial charge >= 0.3 is 5.97 Å². The van der Waals surface area contributed by atoms with E-state index in [4.69, 9.17) is 4.74 Å². The molecule has 0 unspecified atom stereocenters. The summed E-state index contributed by atoms with van der Waals surface area (Å²) in [6.07, 6.45) is 4.88. The molecule has 0 bridgehead atoms. The van der Waals surface area contributed by atoms with Crippen LogP contribution in [0.25, 0.3) is 10.4 Å². The van der Waals surface area contributed by atoms with Gasteiger partial charge in [0.25, 0.3) is 0 Å². The van der Waals surface area contributed by atoms with Crippen molar-refractivity contribution >= 4 is 23.0 Å². The Labute approximate surface area is 181 Å². The Kier molecular flexibility index (Phi) is 5.61. The third kappa shape index (κ3) is 3.73.